The van der Waals surface area contributed by atoms with E-state index in [0.717, 1.165) is 11.3 Å². The third-order valence-electron chi connectivity index (χ3n) is 2.62. The third kappa shape index (κ3) is 3.15. The number of thiocarbonyl (C=S) groups is 1. The summed E-state index contributed by atoms with van der Waals surface area (Å²) in [5.41, 5.74) is 6.38. The van der Waals surface area contributed by atoms with Crippen LogP contribution in [0.5, 0.6) is 5.75 Å². The Bertz CT molecular complexity index is 543. The van der Waals surface area contributed by atoms with E-state index in [0.29, 0.717) is 22.3 Å². The standard InChI is InChI=1S/C13H14N2O2S2/c1-17-10-4-2-3-9(7-10)8-11-12(16)15(6-5-14)13(18)19-11/h2-4,7-8H,5-6,14H2,1H3. The van der Waals surface area contributed by atoms with Crippen LogP contribution in [0.15, 0.2) is 29.2 Å². The van der Waals surface area contributed by atoms with E-state index in [4.69, 9.17) is 22.7 Å². The SMILES string of the molecule is COc1cccc(C=C2SC(=S)N(CCN)C2=O)c1. The molecule has 100 valence electrons. The van der Waals surface area contributed by atoms with Crippen LogP contribution in [0.4, 0.5) is 0 Å². The van der Waals surface area contributed by atoms with Gasteiger partial charge < -0.3 is 10.5 Å². The minimum Gasteiger partial charge on any atom is -0.497 e. The van der Waals surface area contributed by atoms with Crippen molar-refractivity contribution in [3.63, 3.8) is 0 Å². The normalized spacial score (nSPS) is 17.4. The molecule has 1 fully saturated rings. The summed E-state index contributed by atoms with van der Waals surface area (Å²) in [4.78, 5) is 14.3. The number of nitrogens with zero attached hydrogens (tertiary/aromatic N) is 1. The number of thioether (sulfide) groups is 1. The van der Waals surface area contributed by atoms with Gasteiger partial charge in [0, 0.05) is 13.1 Å². The van der Waals surface area contributed by atoms with Crippen molar-refractivity contribution in [2.45, 2.75) is 0 Å². The van der Waals surface area contributed by atoms with E-state index in [9.17, 15) is 4.79 Å². The molecule has 1 aliphatic rings. The maximum absolute atomic E-state index is 12.1. The van der Waals surface area contributed by atoms with Gasteiger partial charge in [-0.15, -0.1) is 0 Å². The number of benzene rings is 1. The Kier molecular flexibility index (Phi) is 4.57. The Morgan fingerprint density at radius 3 is 3.00 bits per heavy atom. The molecule has 1 aromatic rings. The summed E-state index contributed by atoms with van der Waals surface area (Å²) in [5, 5.41) is 0. The number of amides is 1. The fourth-order valence-corrected chi connectivity index (χ4v) is 3.01. The monoisotopic (exact) mass is 294 g/mol. The summed E-state index contributed by atoms with van der Waals surface area (Å²) < 4.78 is 5.71. The molecule has 2 N–H and O–H groups in total. The van der Waals surface area contributed by atoms with Crippen molar-refractivity contribution in [3.8, 4) is 5.75 Å². The highest BCUT2D eigenvalue weighted by molar-refractivity contribution is 8.26. The summed E-state index contributed by atoms with van der Waals surface area (Å²) in [6.07, 6.45) is 1.82. The number of carbonyl (C=O) groups is 1. The minimum absolute atomic E-state index is 0.0803. The molecule has 4 nitrogen and oxygen atoms in total. The highest BCUT2D eigenvalue weighted by Gasteiger charge is 2.31. The number of hydrogen-bond donors (Lipinski definition) is 1. The molecular formula is C13H14N2O2S2. The zero-order valence-corrected chi connectivity index (χ0v) is 12.1. The number of rotatable bonds is 4. The summed E-state index contributed by atoms with van der Waals surface area (Å²) >= 11 is 6.47. The molecule has 1 saturated heterocycles. The molecule has 1 aromatic carbocycles. The first-order chi connectivity index (χ1) is 9.15. The van der Waals surface area contributed by atoms with E-state index in [2.05, 4.69) is 0 Å². The van der Waals surface area contributed by atoms with Crippen LogP contribution >= 0.6 is 24.0 Å². The molecular weight excluding hydrogens is 280 g/mol. The largest absolute Gasteiger partial charge is 0.497 e. The lowest BCUT2D eigenvalue weighted by Crippen LogP contribution is -2.32. The van der Waals surface area contributed by atoms with Crippen LogP contribution in [-0.2, 0) is 4.79 Å². The number of hydrogen-bond acceptors (Lipinski definition) is 5. The maximum Gasteiger partial charge on any atom is 0.266 e. The van der Waals surface area contributed by atoms with Gasteiger partial charge in [-0.1, -0.05) is 36.1 Å². The van der Waals surface area contributed by atoms with Gasteiger partial charge in [-0.3, -0.25) is 9.69 Å². The van der Waals surface area contributed by atoms with Gasteiger partial charge >= 0.3 is 0 Å². The molecule has 6 heteroatoms. The quantitative estimate of drug-likeness (QED) is 0.678. The second-order valence-electron chi connectivity index (χ2n) is 3.90. The minimum atomic E-state index is -0.0803. The number of ether oxygens (including phenoxy) is 1. The van der Waals surface area contributed by atoms with E-state index in [1.165, 1.54) is 16.7 Å². The average molecular weight is 294 g/mol. The molecule has 0 atom stereocenters. The molecule has 0 bridgehead atoms. The molecule has 1 aliphatic heterocycles. The Labute approximate surface area is 121 Å². The summed E-state index contributed by atoms with van der Waals surface area (Å²) in [6, 6.07) is 7.52. The zero-order valence-electron chi connectivity index (χ0n) is 10.5. The molecule has 2 rings (SSSR count). The van der Waals surface area contributed by atoms with Crippen LogP contribution < -0.4 is 10.5 Å². The fraction of sp³-hybridized carbons (Fsp3) is 0.231. The van der Waals surface area contributed by atoms with Crippen LogP contribution in [0.1, 0.15) is 5.56 Å². The highest BCUT2D eigenvalue weighted by atomic mass is 32.2. The summed E-state index contributed by atoms with van der Waals surface area (Å²) in [5.74, 6) is 0.675. The van der Waals surface area contributed by atoms with Crippen molar-refractivity contribution in [2.24, 2.45) is 5.73 Å². The molecule has 0 unspecified atom stereocenters. The Hall–Kier alpha value is -1.37. The first-order valence-electron chi connectivity index (χ1n) is 5.75. The Morgan fingerprint density at radius 2 is 2.32 bits per heavy atom. The van der Waals surface area contributed by atoms with Crippen molar-refractivity contribution in [1.82, 2.24) is 4.90 Å². The van der Waals surface area contributed by atoms with Crippen LogP contribution in [0.3, 0.4) is 0 Å². The van der Waals surface area contributed by atoms with Gasteiger partial charge in [0.25, 0.3) is 5.91 Å². The lowest BCUT2D eigenvalue weighted by molar-refractivity contribution is -0.122. The fourth-order valence-electron chi connectivity index (χ4n) is 1.70. The highest BCUT2D eigenvalue weighted by Crippen LogP contribution is 2.32. The van der Waals surface area contributed by atoms with Crippen LogP contribution in [-0.4, -0.2) is 35.3 Å². The van der Waals surface area contributed by atoms with Gasteiger partial charge in [-0.05, 0) is 23.8 Å². The van der Waals surface area contributed by atoms with Crippen molar-refractivity contribution < 1.29 is 9.53 Å². The number of nitrogens with two attached hydrogens (primary N) is 1. The van der Waals surface area contributed by atoms with Gasteiger partial charge in [0.15, 0.2) is 0 Å². The predicted molar refractivity (Wildman–Crippen MR) is 81.9 cm³/mol. The van der Waals surface area contributed by atoms with E-state index < -0.39 is 0 Å². The van der Waals surface area contributed by atoms with Crippen molar-refractivity contribution in [1.29, 1.82) is 0 Å². The van der Waals surface area contributed by atoms with Gasteiger partial charge in [-0.2, -0.15) is 0 Å². The maximum atomic E-state index is 12.1. The third-order valence-corrected chi connectivity index (χ3v) is 4.00. The van der Waals surface area contributed by atoms with E-state index in [1.54, 1.807) is 7.11 Å². The lowest BCUT2D eigenvalue weighted by Gasteiger charge is -2.11. The summed E-state index contributed by atoms with van der Waals surface area (Å²) in [6.45, 7) is 0.860. The second-order valence-corrected chi connectivity index (χ2v) is 5.57. The van der Waals surface area contributed by atoms with Gasteiger partial charge in [0.1, 0.15) is 10.1 Å². The molecule has 0 spiro atoms. The predicted octanol–water partition coefficient (Wildman–Crippen LogP) is 1.86. The second kappa shape index (κ2) is 6.18. The Morgan fingerprint density at radius 1 is 1.53 bits per heavy atom. The van der Waals surface area contributed by atoms with Crippen molar-refractivity contribution in [2.75, 3.05) is 20.2 Å². The van der Waals surface area contributed by atoms with Crippen LogP contribution in [0.25, 0.3) is 6.08 Å². The molecule has 0 radical (unpaired) electrons. The summed E-state index contributed by atoms with van der Waals surface area (Å²) in [7, 11) is 1.61. The average Bonchev–Trinajstić information content (AvgIpc) is 2.67. The smallest absolute Gasteiger partial charge is 0.266 e. The van der Waals surface area contributed by atoms with Crippen molar-refractivity contribution in [3.05, 3.63) is 34.7 Å². The van der Waals surface area contributed by atoms with Gasteiger partial charge in [0.2, 0.25) is 0 Å². The molecule has 1 heterocycles. The number of methoxy groups -OCH3 is 1. The number of carbonyl (C=O) groups excluding carboxylic acids is 1. The molecule has 0 aliphatic carbocycles. The van der Waals surface area contributed by atoms with Crippen molar-refractivity contribution >= 4 is 40.3 Å². The zero-order chi connectivity index (χ0) is 13.8. The van der Waals surface area contributed by atoms with Gasteiger partial charge in [0.05, 0.1) is 12.0 Å². The van der Waals surface area contributed by atoms with Crippen LogP contribution in [0, 0.1) is 0 Å². The molecule has 1 amide bonds. The van der Waals surface area contributed by atoms with E-state index in [1.807, 2.05) is 30.3 Å². The molecule has 0 saturated carbocycles. The first kappa shape index (κ1) is 14.0. The molecule has 0 aromatic heterocycles. The van der Waals surface area contributed by atoms with Gasteiger partial charge in [-0.25, -0.2) is 0 Å². The van der Waals surface area contributed by atoms with E-state index >= 15 is 0 Å². The molecule has 19 heavy (non-hydrogen) atoms. The topological polar surface area (TPSA) is 55.6 Å². The Balaban J connectivity index is 2.24. The van der Waals surface area contributed by atoms with Crippen LogP contribution in [0.2, 0.25) is 0 Å². The lowest BCUT2D eigenvalue weighted by atomic mass is 10.2. The first-order valence-corrected chi connectivity index (χ1v) is 6.97. The van der Waals surface area contributed by atoms with E-state index in [-0.39, 0.29) is 5.91 Å².